The van der Waals surface area contributed by atoms with Crippen LogP contribution in [0.4, 0.5) is 4.39 Å². The molecule has 0 amide bonds. The van der Waals surface area contributed by atoms with Crippen molar-refractivity contribution in [2.75, 3.05) is 13.1 Å². The van der Waals surface area contributed by atoms with E-state index in [9.17, 15) is 9.50 Å². The molecule has 2 rings (SSSR count). The molecule has 1 heterocycles. The van der Waals surface area contributed by atoms with Crippen LogP contribution >= 0.6 is 0 Å². The first kappa shape index (κ1) is 15.4. The molecule has 3 nitrogen and oxygen atoms in total. The van der Waals surface area contributed by atoms with Crippen LogP contribution in [-0.2, 0) is 6.54 Å². The predicted octanol–water partition coefficient (Wildman–Crippen LogP) is 2.14. The van der Waals surface area contributed by atoms with Gasteiger partial charge in [0.25, 0.3) is 0 Å². The minimum Gasteiger partial charge on any atom is -0.393 e. The van der Waals surface area contributed by atoms with Gasteiger partial charge in [-0.05, 0) is 31.2 Å². The molecule has 0 aromatic heterocycles. The summed E-state index contributed by atoms with van der Waals surface area (Å²) >= 11 is 0. The van der Waals surface area contributed by atoms with Gasteiger partial charge in [-0.25, -0.2) is 4.39 Å². The molecule has 0 saturated carbocycles. The van der Waals surface area contributed by atoms with Crippen LogP contribution in [0.2, 0.25) is 0 Å². The maximum Gasteiger partial charge on any atom is 0.127 e. The molecule has 4 heteroatoms. The highest BCUT2D eigenvalue weighted by Crippen LogP contribution is 2.23. The highest BCUT2D eigenvalue weighted by atomic mass is 19.1. The number of hydrogen-bond acceptors (Lipinski definition) is 3. The van der Waals surface area contributed by atoms with Crippen molar-refractivity contribution in [3.63, 3.8) is 0 Å². The zero-order chi connectivity index (χ0) is 14.5. The Balaban J connectivity index is 1.96. The Hall–Kier alpha value is -0.970. The molecule has 1 aromatic rings. The number of halogens is 1. The zero-order valence-corrected chi connectivity index (χ0v) is 12.1. The molecule has 3 unspecified atom stereocenters. The maximum atomic E-state index is 13.7. The Morgan fingerprint density at radius 1 is 1.40 bits per heavy atom. The Kier molecular flexibility index (Phi) is 5.52. The summed E-state index contributed by atoms with van der Waals surface area (Å²) in [6.45, 7) is 4.27. The van der Waals surface area contributed by atoms with Crippen LogP contribution in [-0.4, -0.2) is 35.2 Å². The van der Waals surface area contributed by atoms with Crippen molar-refractivity contribution in [1.29, 1.82) is 0 Å². The fourth-order valence-electron chi connectivity index (χ4n) is 3.07. The fraction of sp³-hybridized carbons (Fsp3) is 0.625. The Morgan fingerprint density at radius 2 is 2.15 bits per heavy atom. The highest BCUT2D eigenvalue weighted by molar-refractivity contribution is 5.17. The molecule has 0 spiro atoms. The summed E-state index contributed by atoms with van der Waals surface area (Å²) in [7, 11) is 0. The van der Waals surface area contributed by atoms with Gasteiger partial charge in [0, 0.05) is 31.2 Å². The molecule has 1 fully saturated rings. The normalized spacial score (nSPS) is 25.6. The Morgan fingerprint density at radius 3 is 2.85 bits per heavy atom. The second-order valence-corrected chi connectivity index (χ2v) is 5.95. The predicted molar refractivity (Wildman–Crippen MR) is 78.7 cm³/mol. The van der Waals surface area contributed by atoms with Crippen LogP contribution in [0.25, 0.3) is 0 Å². The van der Waals surface area contributed by atoms with Gasteiger partial charge in [-0.2, -0.15) is 0 Å². The standard InChI is InChI=1S/C16H25FN2O/c1-2-15(20)8-12-7-14(18)11-19(9-12)10-13-5-3-4-6-16(13)17/h3-6,12,14-15,20H,2,7-11,18H2,1H3. The smallest absolute Gasteiger partial charge is 0.127 e. The van der Waals surface area contributed by atoms with Crippen molar-refractivity contribution < 1.29 is 9.50 Å². The first-order valence-corrected chi connectivity index (χ1v) is 7.47. The number of piperidine rings is 1. The van der Waals surface area contributed by atoms with Gasteiger partial charge in [0.15, 0.2) is 0 Å². The third-order valence-corrected chi connectivity index (χ3v) is 4.07. The fourth-order valence-corrected chi connectivity index (χ4v) is 3.07. The summed E-state index contributed by atoms with van der Waals surface area (Å²) in [5.74, 6) is 0.247. The third kappa shape index (κ3) is 4.27. The molecule has 0 bridgehead atoms. The maximum absolute atomic E-state index is 13.7. The first-order valence-electron chi connectivity index (χ1n) is 7.47. The lowest BCUT2D eigenvalue weighted by Crippen LogP contribution is -2.47. The van der Waals surface area contributed by atoms with E-state index in [4.69, 9.17) is 5.73 Å². The quantitative estimate of drug-likeness (QED) is 0.869. The number of aliphatic hydroxyl groups excluding tert-OH is 1. The number of nitrogens with two attached hydrogens (primary N) is 1. The molecular weight excluding hydrogens is 255 g/mol. The number of nitrogens with zero attached hydrogens (tertiary/aromatic N) is 1. The highest BCUT2D eigenvalue weighted by Gasteiger charge is 2.26. The summed E-state index contributed by atoms with van der Waals surface area (Å²) in [6.07, 6.45) is 2.27. The summed E-state index contributed by atoms with van der Waals surface area (Å²) in [6, 6.07) is 7.01. The Labute approximate surface area is 120 Å². The molecule has 1 saturated heterocycles. The molecular formula is C16H25FN2O. The summed E-state index contributed by atoms with van der Waals surface area (Å²) in [5.41, 5.74) is 6.83. The van der Waals surface area contributed by atoms with E-state index < -0.39 is 0 Å². The van der Waals surface area contributed by atoms with Crippen molar-refractivity contribution in [3.05, 3.63) is 35.6 Å². The number of likely N-dealkylation sites (tertiary alicyclic amines) is 1. The minimum atomic E-state index is -0.249. The van der Waals surface area contributed by atoms with Crippen LogP contribution in [0, 0.1) is 11.7 Å². The van der Waals surface area contributed by atoms with Gasteiger partial charge >= 0.3 is 0 Å². The van der Waals surface area contributed by atoms with E-state index in [0.717, 1.165) is 37.9 Å². The zero-order valence-electron chi connectivity index (χ0n) is 12.1. The molecule has 0 radical (unpaired) electrons. The van der Waals surface area contributed by atoms with E-state index in [1.54, 1.807) is 6.07 Å². The van der Waals surface area contributed by atoms with Crippen LogP contribution < -0.4 is 5.73 Å². The molecule has 1 aromatic carbocycles. The van der Waals surface area contributed by atoms with Crippen LogP contribution in [0.5, 0.6) is 0 Å². The topological polar surface area (TPSA) is 49.5 Å². The molecule has 3 atom stereocenters. The monoisotopic (exact) mass is 280 g/mol. The van der Waals surface area contributed by atoms with E-state index in [0.29, 0.717) is 12.5 Å². The SMILES string of the molecule is CCC(O)CC1CC(N)CN(Cc2ccccc2F)C1. The van der Waals surface area contributed by atoms with Crippen LogP contribution in [0.3, 0.4) is 0 Å². The average Bonchev–Trinajstić information content (AvgIpc) is 2.40. The lowest BCUT2D eigenvalue weighted by atomic mass is 9.89. The second kappa shape index (κ2) is 7.16. The molecule has 0 aliphatic carbocycles. The molecule has 20 heavy (non-hydrogen) atoms. The van der Waals surface area contributed by atoms with Gasteiger partial charge in [0.2, 0.25) is 0 Å². The van der Waals surface area contributed by atoms with E-state index in [2.05, 4.69) is 4.90 Å². The van der Waals surface area contributed by atoms with Crippen molar-refractivity contribution in [3.8, 4) is 0 Å². The molecule has 1 aliphatic heterocycles. The first-order chi connectivity index (χ1) is 9.58. The van der Waals surface area contributed by atoms with E-state index in [1.807, 2.05) is 19.1 Å². The number of benzene rings is 1. The van der Waals surface area contributed by atoms with Crippen molar-refractivity contribution >= 4 is 0 Å². The van der Waals surface area contributed by atoms with Gasteiger partial charge in [0.1, 0.15) is 5.82 Å². The minimum absolute atomic E-state index is 0.115. The van der Waals surface area contributed by atoms with Crippen LogP contribution in [0.1, 0.15) is 31.7 Å². The van der Waals surface area contributed by atoms with E-state index in [-0.39, 0.29) is 18.0 Å². The largest absolute Gasteiger partial charge is 0.393 e. The summed E-state index contributed by atoms with van der Waals surface area (Å²) < 4.78 is 13.7. The lowest BCUT2D eigenvalue weighted by molar-refractivity contribution is 0.0871. The third-order valence-electron chi connectivity index (χ3n) is 4.07. The number of rotatable bonds is 5. The van der Waals surface area contributed by atoms with Crippen LogP contribution in [0.15, 0.2) is 24.3 Å². The van der Waals surface area contributed by atoms with Crippen molar-refractivity contribution in [1.82, 2.24) is 4.90 Å². The number of hydrogen-bond donors (Lipinski definition) is 2. The molecule has 1 aliphatic rings. The Bertz CT molecular complexity index is 427. The summed E-state index contributed by atoms with van der Waals surface area (Å²) in [5, 5.41) is 9.80. The van der Waals surface area contributed by atoms with Gasteiger partial charge in [-0.3, -0.25) is 4.90 Å². The van der Waals surface area contributed by atoms with Gasteiger partial charge in [0.05, 0.1) is 6.10 Å². The van der Waals surface area contributed by atoms with E-state index in [1.165, 1.54) is 6.07 Å². The molecule has 112 valence electrons. The van der Waals surface area contributed by atoms with Gasteiger partial charge in [-0.15, -0.1) is 0 Å². The molecule has 3 N–H and O–H groups in total. The lowest BCUT2D eigenvalue weighted by Gasteiger charge is -2.37. The van der Waals surface area contributed by atoms with Crippen molar-refractivity contribution in [2.24, 2.45) is 11.7 Å². The van der Waals surface area contributed by atoms with Gasteiger partial charge in [-0.1, -0.05) is 25.1 Å². The van der Waals surface area contributed by atoms with E-state index >= 15 is 0 Å². The summed E-state index contributed by atoms with van der Waals surface area (Å²) in [4.78, 5) is 2.21. The van der Waals surface area contributed by atoms with Crippen molar-refractivity contribution in [2.45, 2.75) is 44.9 Å². The average molecular weight is 280 g/mol. The van der Waals surface area contributed by atoms with Gasteiger partial charge < -0.3 is 10.8 Å². The second-order valence-electron chi connectivity index (χ2n) is 5.95. The number of aliphatic hydroxyl groups is 1.